The van der Waals surface area contributed by atoms with E-state index in [0.29, 0.717) is 34.6 Å². The highest BCUT2D eigenvalue weighted by atomic mass is 79.9. The van der Waals surface area contributed by atoms with Crippen LogP contribution in [-0.4, -0.2) is 30.6 Å². The first-order chi connectivity index (χ1) is 12.0. The SMILES string of the molecule is COc1cc(NC(=O)c2cc(Br)ccc2O)ccc1N1CCCC1=O. The lowest BCUT2D eigenvalue weighted by Gasteiger charge is -2.19. The fraction of sp³-hybridized carbons (Fsp3) is 0.222. The lowest BCUT2D eigenvalue weighted by atomic mass is 10.1. The molecule has 7 heteroatoms. The van der Waals surface area contributed by atoms with E-state index in [0.717, 1.165) is 6.42 Å². The second kappa shape index (κ2) is 7.14. The van der Waals surface area contributed by atoms with Gasteiger partial charge in [0.1, 0.15) is 11.5 Å². The first-order valence-electron chi connectivity index (χ1n) is 7.78. The van der Waals surface area contributed by atoms with Gasteiger partial charge in [0.15, 0.2) is 0 Å². The number of halogens is 1. The molecule has 2 N–H and O–H groups in total. The summed E-state index contributed by atoms with van der Waals surface area (Å²) in [5.41, 5.74) is 1.36. The topological polar surface area (TPSA) is 78.9 Å². The van der Waals surface area contributed by atoms with E-state index in [1.54, 1.807) is 35.2 Å². The van der Waals surface area contributed by atoms with Gasteiger partial charge in [-0.05, 0) is 36.8 Å². The van der Waals surface area contributed by atoms with Crippen molar-refractivity contribution >= 4 is 39.1 Å². The molecule has 25 heavy (non-hydrogen) atoms. The quantitative estimate of drug-likeness (QED) is 0.816. The van der Waals surface area contributed by atoms with Gasteiger partial charge in [-0.1, -0.05) is 15.9 Å². The number of nitrogens with one attached hydrogen (secondary N) is 1. The van der Waals surface area contributed by atoms with Gasteiger partial charge in [0.2, 0.25) is 5.91 Å². The number of hydrogen-bond donors (Lipinski definition) is 2. The molecule has 2 aromatic carbocycles. The van der Waals surface area contributed by atoms with Crippen molar-refractivity contribution in [2.24, 2.45) is 0 Å². The van der Waals surface area contributed by atoms with Crippen molar-refractivity contribution in [2.45, 2.75) is 12.8 Å². The molecule has 0 radical (unpaired) electrons. The van der Waals surface area contributed by atoms with Crippen LogP contribution in [-0.2, 0) is 4.79 Å². The predicted octanol–water partition coefficient (Wildman–Crippen LogP) is 3.54. The molecule has 2 amide bonds. The fourth-order valence-corrected chi connectivity index (χ4v) is 3.13. The molecule has 1 heterocycles. The number of carbonyl (C=O) groups is 2. The number of phenolic OH excluding ortho intramolecular Hbond substituents is 1. The zero-order valence-electron chi connectivity index (χ0n) is 13.6. The van der Waals surface area contributed by atoms with Gasteiger partial charge in [0, 0.05) is 29.2 Å². The molecule has 0 bridgehead atoms. The normalized spacial score (nSPS) is 13.8. The summed E-state index contributed by atoms with van der Waals surface area (Å²) in [4.78, 5) is 26.0. The molecule has 0 unspecified atom stereocenters. The molecule has 0 saturated carbocycles. The van der Waals surface area contributed by atoms with Gasteiger partial charge in [-0.3, -0.25) is 9.59 Å². The summed E-state index contributed by atoms with van der Waals surface area (Å²) in [7, 11) is 1.52. The number of aromatic hydroxyl groups is 1. The summed E-state index contributed by atoms with van der Waals surface area (Å²) in [5.74, 6) is 0.0264. The van der Waals surface area contributed by atoms with Gasteiger partial charge in [-0.15, -0.1) is 0 Å². The van der Waals surface area contributed by atoms with Gasteiger partial charge in [0.25, 0.3) is 5.91 Å². The number of methoxy groups -OCH3 is 1. The lowest BCUT2D eigenvalue weighted by Crippen LogP contribution is -2.24. The summed E-state index contributed by atoms with van der Waals surface area (Å²) in [6.07, 6.45) is 1.35. The van der Waals surface area contributed by atoms with Crippen molar-refractivity contribution in [2.75, 3.05) is 23.9 Å². The molecule has 0 aromatic heterocycles. The Kier molecular flexibility index (Phi) is 4.94. The molecule has 0 atom stereocenters. The van der Waals surface area contributed by atoms with Crippen molar-refractivity contribution in [3.63, 3.8) is 0 Å². The maximum Gasteiger partial charge on any atom is 0.259 e. The zero-order valence-corrected chi connectivity index (χ0v) is 15.2. The first-order valence-corrected chi connectivity index (χ1v) is 8.57. The van der Waals surface area contributed by atoms with E-state index in [1.807, 2.05) is 0 Å². The maximum atomic E-state index is 12.4. The molecule has 1 aliphatic rings. The molecular weight excluding hydrogens is 388 g/mol. The highest BCUT2D eigenvalue weighted by Gasteiger charge is 2.24. The molecule has 1 aliphatic heterocycles. The van der Waals surface area contributed by atoms with Crippen molar-refractivity contribution < 1.29 is 19.4 Å². The average molecular weight is 405 g/mol. The summed E-state index contributed by atoms with van der Waals surface area (Å²) in [6, 6.07) is 9.75. The standard InChI is InChI=1S/C18H17BrN2O4/c1-25-16-10-12(5-6-14(16)21-8-2-3-17(21)23)20-18(24)13-9-11(19)4-7-15(13)22/h4-7,9-10,22H,2-3,8H2,1H3,(H,20,24). The molecule has 130 valence electrons. The van der Waals surface area contributed by atoms with Crippen LogP contribution in [0.2, 0.25) is 0 Å². The summed E-state index contributed by atoms with van der Waals surface area (Å²) in [6.45, 7) is 0.660. The van der Waals surface area contributed by atoms with Crippen LogP contribution in [0.25, 0.3) is 0 Å². The van der Waals surface area contributed by atoms with E-state index in [9.17, 15) is 14.7 Å². The fourth-order valence-electron chi connectivity index (χ4n) is 2.77. The van der Waals surface area contributed by atoms with Crippen LogP contribution in [0.15, 0.2) is 40.9 Å². The van der Waals surface area contributed by atoms with Crippen molar-refractivity contribution in [1.82, 2.24) is 0 Å². The summed E-state index contributed by atoms with van der Waals surface area (Å²) < 4.78 is 6.07. The van der Waals surface area contributed by atoms with Crippen LogP contribution in [0.4, 0.5) is 11.4 Å². The number of benzene rings is 2. The number of rotatable bonds is 4. The van der Waals surface area contributed by atoms with E-state index in [-0.39, 0.29) is 17.2 Å². The van der Waals surface area contributed by atoms with Crippen LogP contribution < -0.4 is 15.0 Å². The molecule has 1 saturated heterocycles. The second-order valence-corrected chi connectivity index (χ2v) is 6.57. The van der Waals surface area contributed by atoms with E-state index < -0.39 is 5.91 Å². The number of carbonyl (C=O) groups excluding carboxylic acids is 2. The Balaban J connectivity index is 1.85. The Labute approximate surface area is 153 Å². The third-order valence-corrected chi connectivity index (χ3v) is 4.50. The number of anilines is 2. The van der Waals surface area contributed by atoms with Crippen LogP contribution in [0.3, 0.4) is 0 Å². The zero-order chi connectivity index (χ0) is 18.0. The van der Waals surface area contributed by atoms with Crippen LogP contribution in [0.1, 0.15) is 23.2 Å². The Bertz CT molecular complexity index is 838. The van der Waals surface area contributed by atoms with Gasteiger partial charge >= 0.3 is 0 Å². The molecule has 1 fully saturated rings. The predicted molar refractivity (Wildman–Crippen MR) is 98.3 cm³/mol. The highest BCUT2D eigenvalue weighted by Crippen LogP contribution is 2.34. The minimum Gasteiger partial charge on any atom is -0.507 e. The Morgan fingerprint density at radius 1 is 1.28 bits per heavy atom. The highest BCUT2D eigenvalue weighted by molar-refractivity contribution is 9.10. The number of amides is 2. The summed E-state index contributed by atoms with van der Waals surface area (Å²) in [5, 5.41) is 12.6. The largest absolute Gasteiger partial charge is 0.507 e. The molecule has 0 spiro atoms. The number of phenols is 1. The monoisotopic (exact) mass is 404 g/mol. The Morgan fingerprint density at radius 3 is 2.76 bits per heavy atom. The number of ether oxygens (including phenoxy) is 1. The Hall–Kier alpha value is -2.54. The maximum absolute atomic E-state index is 12.4. The minimum absolute atomic E-state index is 0.0640. The summed E-state index contributed by atoms with van der Waals surface area (Å²) >= 11 is 3.28. The van der Waals surface area contributed by atoms with Crippen molar-refractivity contribution in [3.05, 3.63) is 46.4 Å². The lowest BCUT2D eigenvalue weighted by molar-refractivity contribution is -0.117. The van der Waals surface area contributed by atoms with Crippen molar-refractivity contribution in [3.8, 4) is 11.5 Å². The van der Waals surface area contributed by atoms with Gasteiger partial charge in [-0.25, -0.2) is 0 Å². The van der Waals surface area contributed by atoms with Gasteiger partial charge < -0.3 is 20.1 Å². The van der Waals surface area contributed by atoms with Crippen LogP contribution >= 0.6 is 15.9 Å². The van der Waals surface area contributed by atoms with E-state index in [1.165, 1.54) is 13.2 Å². The van der Waals surface area contributed by atoms with E-state index in [4.69, 9.17) is 4.74 Å². The smallest absolute Gasteiger partial charge is 0.259 e. The van der Waals surface area contributed by atoms with Gasteiger partial charge in [-0.2, -0.15) is 0 Å². The molecule has 3 rings (SSSR count). The minimum atomic E-state index is -0.439. The number of nitrogens with zero attached hydrogens (tertiary/aromatic N) is 1. The third kappa shape index (κ3) is 3.61. The Morgan fingerprint density at radius 2 is 2.08 bits per heavy atom. The first kappa shape index (κ1) is 17.3. The second-order valence-electron chi connectivity index (χ2n) is 5.65. The number of hydrogen-bond acceptors (Lipinski definition) is 4. The van der Waals surface area contributed by atoms with Gasteiger partial charge in [0.05, 0.1) is 18.4 Å². The third-order valence-electron chi connectivity index (χ3n) is 4.01. The van der Waals surface area contributed by atoms with E-state index >= 15 is 0 Å². The molecule has 2 aromatic rings. The van der Waals surface area contributed by atoms with Crippen molar-refractivity contribution in [1.29, 1.82) is 0 Å². The average Bonchev–Trinajstić information content (AvgIpc) is 3.02. The van der Waals surface area contributed by atoms with Crippen LogP contribution in [0.5, 0.6) is 11.5 Å². The molecule has 6 nitrogen and oxygen atoms in total. The van der Waals surface area contributed by atoms with Crippen LogP contribution in [0, 0.1) is 0 Å². The molecule has 0 aliphatic carbocycles. The van der Waals surface area contributed by atoms with E-state index in [2.05, 4.69) is 21.2 Å². The molecular formula is C18H17BrN2O4.